The first kappa shape index (κ1) is 23.4. The zero-order valence-corrected chi connectivity index (χ0v) is 22.2. The standard InChI is InChI=1S/C22H24O8Si3/c1-31(2,13-7-9-15-17(11-13)21(25)27-19(15)23)29-33(5,6)30-32(3,4)14-8-10-16-18(12-14)22(26)28-20(16)24/h7-12H,1-6H3. The fraction of sp³-hybridized carbons (Fsp3) is 0.273. The van der Waals surface area contributed by atoms with Gasteiger partial charge in [-0.05, 0) is 73.9 Å². The number of esters is 4. The summed E-state index contributed by atoms with van der Waals surface area (Å²) in [5.41, 5.74) is 1.06. The van der Waals surface area contributed by atoms with E-state index in [1.165, 1.54) is 0 Å². The van der Waals surface area contributed by atoms with Crippen molar-refractivity contribution in [2.45, 2.75) is 39.3 Å². The normalized spacial score (nSPS) is 15.9. The Hall–Kier alpha value is -2.71. The molecule has 0 spiro atoms. The molecule has 2 aliphatic heterocycles. The van der Waals surface area contributed by atoms with E-state index in [-0.39, 0.29) is 22.3 Å². The van der Waals surface area contributed by atoms with Gasteiger partial charge in [0.2, 0.25) is 16.6 Å². The van der Waals surface area contributed by atoms with Crippen LogP contribution in [0.3, 0.4) is 0 Å². The Kier molecular flexibility index (Phi) is 5.45. The van der Waals surface area contributed by atoms with E-state index in [0.29, 0.717) is 0 Å². The van der Waals surface area contributed by atoms with Crippen molar-refractivity contribution in [3.8, 4) is 0 Å². The SMILES string of the molecule is C[Si](C)(O[Si](C)(C)c1ccc2c(c1)C(=O)OC2=O)O[Si](C)(C)c1ccc2c(c1)C(=O)OC2=O. The molecule has 0 aliphatic carbocycles. The maximum absolute atomic E-state index is 12.0. The quantitative estimate of drug-likeness (QED) is 0.339. The monoisotopic (exact) mass is 500 g/mol. The molecular weight excluding hydrogens is 476 g/mol. The molecule has 8 nitrogen and oxygen atoms in total. The largest absolute Gasteiger partial charge is 0.433 e. The zero-order chi connectivity index (χ0) is 24.3. The van der Waals surface area contributed by atoms with Crippen molar-refractivity contribution in [3.63, 3.8) is 0 Å². The molecule has 2 aliphatic rings. The van der Waals surface area contributed by atoms with Crippen LogP contribution in [0.25, 0.3) is 0 Å². The van der Waals surface area contributed by atoms with E-state index >= 15 is 0 Å². The number of hydrogen-bond acceptors (Lipinski definition) is 8. The lowest BCUT2D eigenvalue weighted by molar-refractivity contribution is 0.0425. The second-order valence-electron chi connectivity index (χ2n) is 9.50. The lowest BCUT2D eigenvalue weighted by atomic mass is 10.1. The Bertz CT molecular complexity index is 1140. The van der Waals surface area contributed by atoms with Gasteiger partial charge in [-0.1, -0.05) is 12.1 Å². The van der Waals surface area contributed by atoms with Crippen LogP contribution in [0.1, 0.15) is 41.4 Å². The van der Waals surface area contributed by atoms with Crippen molar-refractivity contribution in [1.82, 2.24) is 0 Å². The lowest BCUT2D eigenvalue weighted by Gasteiger charge is -2.39. The summed E-state index contributed by atoms with van der Waals surface area (Å²) in [6.07, 6.45) is 0. The summed E-state index contributed by atoms with van der Waals surface area (Å²) in [6.45, 7) is 12.0. The molecule has 4 rings (SSSR count). The Morgan fingerprint density at radius 1 is 0.545 bits per heavy atom. The number of benzene rings is 2. The smallest absolute Gasteiger partial charge is 0.346 e. The van der Waals surface area contributed by atoms with Crippen molar-refractivity contribution in [2.24, 2.45) is 0 Å². The van der Waals surface area contributed by atoms with Crippen molar-refractivity contribution in [1.29, 1.82) is 0 Å². The van der Waals surface area contributed by atoms with Crippen molar-refractivity contribution >= 4 is 59.4 Å². The molecular formula is C22H24O8Si3. The number of ether oxygens (including phenoxy) is 2. The molecule has 0 N–H and O–H groups in total. The number of fused-ring (bicyclic) bond motifs is 2. The molecule has 0 bridgehead atoms. The highest BCUT2D eigenvalue weighted by molar-refractivity contribution is 6.95. The van der Waals surface area contributed by atoms with Crippen LogP contribution in [-0.4, -0.2) is 49.1 Å². The van der Waals surface area contributed by atoms with E-state index < -0.39 is 49.1 Å². The van der Waals surface area contributed by atoms with Crippen LogP contribution in [0.5, 0.6) is 0 Å². The first-order valence-electron chi connectivity index (χ1n) is 10.4. The second-order valence-corrected chi connectivity index (χ2v) is 21.1. The van der Waals surface area contributed by atoms with Crippen LogP contribution >= 0.6 is 0 Å². The molecule has 0 atom stereocenters. The van der Waals surface area contributed by atoms with E-state index in [0.717, 1.165) is 10.4 Å². The van der Waals surface area contributed by atoms with E-state index in [1.807, 2.05) is 39.3 Å². The highest BCUT2D eigenvalue weighted by atomic mass is 28.5. The van der Waals surface area contributed by atoms with Gasteiger partial charge < -0.3 is 17.7 Å². The first-order valence-corrected chi connectivity index (χ1v) is 19.1. The Morgan fingerprint density at radius 2 is 0.879 bits per heavy atom. The van der Waals surface area contributed by atoms with Crippen LogP contribution in [0.15, 0.2) is 36.4 Å². The number of carbonyl (C=O) groups excluding carboxylic acids is 4. The van der Waals surface area contributed by atoms with Crippen molar-refractivity contribution in [2.75, 3.05) is 0 Å². The van der Waals surface area contributed by atoms with Gasteiger partial charge in [-0.3, -0.25) is 0 Å². The Balaban J connectivity index is 1.56. The summed E-state index contributed by atoms with van der Waals surface area (Å²) >= 11 is 0. The highest BCUT2D eigenvalue weighted by Gasteiger charge is 2.43. The van der Waals surface area contributed by atoms with Gasteiger partial charge in [0.15, 0.2) is 0 Å². The average Bonchev–Trinajstić information content (AvgIpc) is 3.14. The van der Waals surface area contributed by atoms with Gasteiger partial charge in [-0.2, -0.15) is 0 Å². The third-order valence-corrected chi connectivity index (χ3v) is 17.1. The molecule has 0 saturated carbocycles. The lowest BCUT2D eigenvalue weighted by Crippen LogP contribution is -2.59. The number of carbonyl (C=O) groups is 4. The molecule has 0 unspecified atom stereocenters. The van der Waals surface area contributed by atoms with E-state index in [9.17, 15) is 19.2 Å². The topological polar surface area (TPSA) is 105 Å². The fourth-order valence-corrected chi connectivity index (χ4v) is 17.6. The summed E-state index contributed by atoms with van der Waals surface area (Å²) in [5.74, 6) is -2.55. The minimum Gasteiger partial charge on any atom is -0.433 e. The van der Waals surface area contributed by atoms with Gasteiger partial charge in [-0.25, -0.2) is 19.2 Å². The molecule has 0 amide bonds. The summed E-state index contributed by atoms with van der Waals surface area (Å²) in [4.78, 5) is 47.4. The number of rotatable bonds is 6. The van der Waals surface area contributed by atoms with E-state index in [2.05, 4.69) is 0 Å². The minimum absolute atomic E-state index is 0.261. The zero-order valence-electron chi connectivity index (χ0n) is 19.2. The van der Waals surface area contributed by atoms with E-state index in [1.54, 1.807) is 36.4 Å². The molecule has 0 radical (unpaired) electrons. The minimum atomic E-state index is -2.69. The molecule has 33 heavy (non-hydrogen) atoms. The Labute approximate surface area is 194 Å². The van der Waals surface area contributed by atoms with Gasteiger partial charge in [0.25, 0.3) is 0 Å². The fourth-order valence-electron chi connectivity index (χ4n) is 4.29. The van der Waals surface area contributed by atoms with Crippen molar-refractivity contribution in [3.05, 3.63) is 58.7 Å². The van der Waals surface area contributed by atoms with Crippen LogP contribution in [0.2, 0.25) is 39.3 Å². The second kappa shape index (κ2) is 7.67. The van der Waals surface area contributed by atoms with Crippen LogP contribution in [0.4, 0.5) is 0 Å². The predicted molar refractivity (Wildman–Crippen MR) is 126 cm³/mol. The molecule has 0 aromatic heterocycles. The molecule has 0 saturated heterocycles. The van der Waals surface area contributed by atoms with Gasteiger partial charge in [0.1, 0.15) is 0 Å². The van der Waals surface area contributed by atoms with E-state index in [4.69, 9.17) is 17.7 Å². The first-order chi connectivity index (χ1) is 15.2. The van der Waals surface area contributed by atoms with Gasteiger partial charge in [-0.15, -0.1) is 0 Å². The van der Waals surface area contributed by atoms with Crippen LogP contribution in [0, 0.1) is 0 Å². The molecule has 0 fully saturated rings. The molecule has 2 heterocycles. The summed E-state index contributed by atoms with van der Waals surface area (Å²) in [5, 5.41) is 1.71. The van der Waals surface area contributed by atoms with Crippen molar-refractivity contribution < 1.29 is 36.9 Å². The maximum atomic E-state index is 12.0. The molecule has 11 heteroatoms. The third kappa shape index (κ3) is 4.29. The number of hydrogen-bond donors (Lipinski definition) is 0. The highest BCUT2D eigenvalue weighted by Crippen LogP contribution is 2.25. The third-order valence-electron chi connectivity index (χ3n) is 5.68. The van der Waals surface area contributed by atoms with Crippen LogP contribution < -0.4 is 10.4 Å². The summed E-state index contributed by atoms with van der Waals surface area (Å²) in [6, 6.07) is 10.2. The van der Waals surface area contributed by atoms with Gasteiger partial charge in [0.05, 0.1) is 22.3 Å². The summed E-state index contributed by atoms with van der Waals surface area (Å²) < 4.78 is 22.6. The maximum Gasteiger partial charge on any atom is 0.346 e. The Morgan fingerprint density at radius 3 is 1.24 bits per heavy atom. The molecule has 2 aromatic carbocycles. The number of cyclic esters (lactones) is 4. The molecule has 2 aromatic rings. The molecule has 172 valence electrons. The van der Waals surface area contributed by atoms with Crippen LogP contribution in [-0.2, 0) is 17.7 Å². The van der Waals surface area contributed by atoms with Gasteiger partial charge >= 0.3 is 32.4 Å². The predicted octanol–water partition coefficient (Wildman–Crippen LogP) is 2.57. The average molecular weight is 501 g/mol. The van der Waals surface area contributed by atoms with Gasteiger partial charge in [0, 0.05) is 0 Å². The summed E-state index contributed by atoms with van der Waals surface area (Å²) in [7, 11) is -7.75.